The number of alkyl halides is 7. The minimum Gasteiger partial charge on any atom is -0.481 e. The number of thioether (sulfide) groups is 1. The van der Waals surface area contributed by atoms with Gasteiger partial charge in [0, 0.05) is 6.07 Å². The average Bonchev–Trinajstić information content (AvgIpc) is 2.50. The lowest BCUT2D eigenvalue weighted by Crippen LogP contribution is -2.54. The lowest BCUT2D eigenvalue weighted by molar-refractivity contribution is -0.388. The molecule has 0 saturated heterocycles. The maximum Gasteiger partial charge on any atom is 0.461 e. The molecule has 15 heteroatoms. The number of nitro groups is 1. The van der Waals surface area contributed by atoms with Gasteiger partial charge in [0.15, 0.2) is 0 Å². The van der Waals surface area contributed by atoms with E-state index in [0.717, 1.165) is 0 Å². The van der Waals surface area contributed by atoms with Crippen molar-refractivity contribution in [3.63, 3.8) is 0 Å². The third kappa shape index (κ3) is 4.25. The summed E-state index contributed by atoms with van der Waals surface area (Å²) in [6, 6.07) is 1.16. The highest BCUT2D eigenvalue weighted by molar-refractivity contribution is 8.00. The normalized spacial score (nSPS) is 14.1. The first-order valence-electron chi connectivity index (χ1n) is 6.00. The van der Waals surface area contributed by atoms with Gasteiger partial charge in [-0.05, 0) is 12.1 Å². The van der Waals surface area contributed by atoms with Crippen molar-refractivity contribution in [2.45, 2.75) is 27.1 Å². The van der Waals surface area contributed by atoms with E-state index in [4.69, 9.17) is 5.11 Å². The molecule has 0 aliphatic heterocycles. The van der Waals surface area contributed by atoms with Crippen LogP contribution in [0.1, 0.15) is 0 Å². The summed E-state index contributed by atoms with van der Waals surface area (Å²) in [4.78, 5) is 18.3. The molecule has 0 heterocycles. The first-order chi connectivity index (χ1) is 11.6. The summed E-state index contributed by atoms with van der Waals surface area (Å²) in [5, 5.41) is 13.3. The molecule has 1 aromatic carbocycles. The van der Waals surface area contributed by atoms with Gasteiger partial charge < -0.3 is 5.11 Å². The number of carboxylic acids is 1. The minimum absolute atomic E-state index is 0.126. The molecular weight excluding hydrogens is 423 g/mol. The summed E-state index contributed by atoms with van der Waals surface area (Å²) in [7, 11) is -4.29. The predicted molar refractivity (Wildman–Crippen MR) is 73.8 cm³/mol. The second kappa shape index (κ2) is 7.38. The summed E-state index contributed by atoms with van der Waals surface area (Å²) in [6.07, 6.45) is -6.71. The quantitative estimate of drug-likeness (QED) is 0.308. The maximum atomic E-state index is 13.4. The summed E-state index contributed by atoms with van der Waals surface area (Å²) < 4.78 is 101. The third-order valence-corrected chi connectivity index (χ3v) is 5.10. The van der Waals surface area contributed by atoms with Crippen LogP contribution in [0, 0.1) is 10.1 Å². The van der Waals surface area contributed by atoms with E-state index in [1.54, 1.807) is 0 Å². The van der Waals surface area contributed by atoms with E-state index in [2.05, 4.69) is 0 Å². The highest BCUT2D eigenvalue weighted by Gasteiger charge is 2.76. The molecular formula is C11H6F7NO5S2. The number of carboxylic acid groups (broad SMARTS) is 1. The first-order valence-corrected chi connectivity index (χ1v) is 8.13. The molecule has 0 radical (unpaired) electrons. The van der Waals surface area contributed by atoms with Crippen molar-refractivity contribution in [1.82, 2.24) is 0 Å². The smallest absolute Gasteiger partial charge is 0.461 e. The van der Waals surface area contributed by atoms with Crippen LogP contribution in [0.2, 0.25) is 0 Å². The maximum absolute atomic E-state index is 13.4. The van der Waals surface area contributed by atoms with Crippen molar-refractivity contribution in [3.05, 3.63) is 28.3 Å². The highest BCUT2D eigenvalue weighted by Crippen LogP contribution is 2.49. The number of rotatable bonds is 7. The van der Waals surface area contributed by atoms with Gasteiger partial charge in [-0.25, -0.2) is 4.21 Å². The molecule has 0 amide bonds. The van der Waals surface area contributed by atoms with Crippen molar-refractivity contribution in [3.8, 4) is 0 Å². The zero-order valence-electron chi connectivity index (χ0n) is 11.9. The number of hydrogen-bond donors (Lipinski definition) is 1. The molecule has 26 heavy (non-hydrogen) atoms. The molecule has 0 saturated carbocycles. The summed E-state index contributed by atoms with van der Waals surface area (Å²) in [6.45, 7) is 0. The molecule has 0 aromatic heterocycles. The van der Waals surface area contributed by atoms with Crippen molar-refractivity contribution in [1.29, 1.82) is 0 Å². The molecule has 0 aliphatic carbocycles. The SMILES string of the molecule is O=C(O)CSc1ccc(S(=O)C(F)(F)C(F)(F)C(F)(F)F)cc1[N+](=O)[O-]. The number of hydrogen-bond acceptors (Lipinski definition) is 5. The van der Waals surface area contributed by atoms with Crippen LogP contribution in [-0.2, 0) is 15.6 Å². The van der Waals surface area contributed by atoms with Crippen molar-refractivity contribution >= 4 is 34.2 Å². The minimum atomic E-state index is -6.71. The molecule has 0 spiro atoms. The van der Waals surface area contributed by atoms with E-state index in [1.165, 1.54) is 0 Å². The van der Waals surface area contributed by atoms with Crippen LogP contribution in [0.4, 0.5) is 36.4 Å². The van der Waals surface area contributed by atoms with Crippen LogP contribution >= 0.6 is 11.8 Å². The predicted octanol–water partition coefficient (Wildman–Crippen LogP) is 3.67. The number of halogens is 7. The molecule has 0 fully saturated rings. The van der Waals surface area contributed by atoms with Crippen molar-refractivity contribution in [2.24, 2.45) is 0 Å². The zero-order valence-corrected chi connectivity index (χ0v) is 13.6. The van der Waals surface area contributed by atoms with Crippen molar-refractivity contribution < 1.29 is 49.8 Å². The van der Waals surface area contributed by atoms with Gasteiger partial charge in [-0.2, -0.15) is 30.7 Å². The van der Waals surface area contributed by atoms with Gasteiger partial charge >= 0.3 is 23.3 Å². The van der Waals surface area contributed by atoms with Crippen LogP contribution in [0.3, 0.4) is 0 Å². The molecule has 1 atom stereocenters. The van der Waals surface area contributed by atoms with Gasteiger partial charge in [0.25, 0.3) is 5.69 Å². The lowest BCUT2D eigenvalue weighted by atomic mass is 10.3. The van der Waals surface area contributed by atoms with Gasteiger partial charge in [0.2, 0.25) is 0 Å². The molecule has 6 nitrogen and oxygen atoms in total. The Hall–Kier alpha value is -1.90. The van der Waals surface area contributed by atoms with Gasteiger partial charge in [-0.3, -0.25) is 14.9 Å². The van der Waals surface area contributed by atoms with Crippen LogP contribution < -0.4 is 0 Å². The molecule has 0 aliphatic rings. The molecule has 1 unspecified atom stereocenters. The molecule has 1 N–H and O–H groups in total. The van der Waals surface area contributed by atoms with E-state index in [-0.39, 0.29) is 6.07 Å². The van der Waals surface area contributed by atoms with E-state index in [1.807, 2.05) is 0 Å². The third-order valence-electron chi connectivity index (χ3n) is 2.65. The Bertz CT molecular complexity index is 753. The van der Waals surface area contributed by atoms with E-state index >= 15 is 0 Å². The van der Waals surface area contributed by atoms with E-state index < -0.39 is 60.3 Å². The Morgan fingerprint density at radius 3 is 2.15 bits per heavy atom. The molecule has 1 rings (SSSR count). The average molecular weight is 429 g/mol. The topological polar surface area (TPSA) is 97.5 Å². The Morgan fingerprint density at radius 1 is 1.19 bits per heavy atom. The largest absolute Gasteiger partial charge is 0.481 e. The van der Waals surface area contributed by atoms with Crippen LogP contribution in [0.25, 0.3) is 0 Å². The highest BCUT2D eigenvalue weighted by atomic mass is 32.2. The van der Waals surface area contributed by atoms with Crippen LogP contribution in [0.15, 0.2) is 28.0 Å². The Balaban J connectivity index is 3.35. The van der Waals surface area contributed by atoms with Gasteiger partial charge in [-0.1, -0.05) is 0 Å². The standard InChI is InChI=1S/C11H6F7NO5S2/c12-9(13,10(14,15)16)11(17,18)26(24)5-1-2-7(25-4-8(20)21)6(3-5)19(22)23/h1-3H,4H2,(H,20,21). The molecule has 1 aromatic rings. The molecule has 146 valence electrons. The second-order valence-corrected chi connectivity index (χ2v) is 6.97. The fourth-order valence-corrected chi connectivity index (χ4v) is 3.23. The Kier molecular flexibility index (Phi) is 6.28. The van der Waals surface area contributed by atoms with E-state index in [9.17, 15) is 49.9 Å². The lowest BCUT2D eigenvalue weighted by Gasteiger charge is -2.27. The summed E-state index contributed by atoms with van der Waals surface area (Å²) in [5.74, 6) is -8.74. The number of nitrogens with zero attached hydrogens (tertiary/aromatic N) is 1. The zero-order chi connectivity index (χ0) is 20.5. The molecule has 0 bridgehead atoms. The van der Waals surface area contributed by atoms with Crippen LogP contribution in [-0.4, -0.2) is 43.3 Å². The fraction of sp³-hybridized carbons (Fsp3) is 0.364. The number of carbonyl (C=O) groups is 1. The van der Waals surface area contributed by atoms with Gasteiger partial charge in [0.05, 0.1) is 20.5 Å². The monoisotopic (exact) mass is 429 g/mol. The van der Waals surface area contributed by atoms with Gasteiger partial charge in [0.1, 0.15) is 10.8 Å². The van der Waals surface area contributed by atoms with Crippen LogP contribution in [0.5, 0.6) is 0 Å². The Labute approximate surface area is 146 Å². The second-order valence-electron chi connectivity index (χ2n) is 4.43. The summed E-state index contributed by atoms with van der Waals surface area (Å²) in [5.41, 5.74) is -1.08. The van der Waals surface area contributed by atoms with E-state index in [0.29, 0.717) is 23.9 Å². The number of nitro benzene ring substituents is 1. The van der Waals surface area contributed by atoms with Crippen molar-refractivity contribution in [2.75, 3.05) is 5.75 Å². The Morgan fingerprint density at radius 2 is 1.73 bits per heavy atom. The number of benzene rings is 1. The number of aliphatic carboxylic acids is 1. The van der Waals surface area contributed by atoms with Gasteiger partial charge in [-0.15, -0.1) is 11.8 Å². The summed E-state index contributed by atoms with van der Waals surface area (Å²) >= 11 is 0.365. The first kappa shape index (κ1) is 22.1. The fourth-order valence-electron chi connectivity index (χ4n) is 1.45.